The van der Waals surface area contributed by atoms with Gasteiger partial charge >= 0.3 is 0 Å². The molecule has 0 bridgehead atoms. The lowest BCUT2D eigenvalue weighted by molar-refractivity contribution is -0.134. The Bertz CT molecular complexity index is 234. The van der Waals surface area contributed by atoms with Gasteiger partial charge in [0.25, 0.3) is 0 Å². The molecule has 0 aromatic heterocycles. The number of aliphatic hydroxyl groups is 1. The van der Waals surface area contributed by atoms with Gasteiger partial charge in [-0.15, -0.1) is 0 Å². The monoisotopic (exact) mass is 214 g/mol. The number of rotatable bonds is 5. The molecule has 0 saturated heterocycles. The first-order valence-corrected chi connectivity index (χ1v) is 5.59. The highest BCUT2D eigenvalue weighted by Crippen LogP contribution is 2.50. The first-order chi connectivity index (χ1) is 6.78. The lowest BCUT2D eigenvalue weighted by Crippen LogP contribution is -2.33. The number of hydrogen-bond donors (Lipinski definition) is 1. The predicted octanol–water partition coefficient (Wildman–Crippen LogP) is 1.78. The van der Waals surface area contributed by atoms with Crippen molar-refractivity contribution < 1.29 is 14.6 Å². The maximum Gasteiger partial charge on any atom is 0.146 e. The lowest BCUT2D eigenvalue weighted by Gasteiger charge is -2.24. The molecule has 3 heteroatoms. The zero-order valence-electron chi connectivity index (χ0n) is 10.2. The Morgan fingerprint density at radius 2 is 2.00 bits per heavy atom. The SMILES string of the molecule is CC(O)COCC1(C(=O)C(C)(C)C)CC1. The zero-order valence-corrected chi connectivity index (χ0v) is 10.2. The zero-order chi connectivity index (χ0) is 11.7. The van der Waals surface area contributed by atoms with Crippen molar-refractivity contribution in [3.8, 4) is 0 Å². The summed E-state index contributed by atoms with van der Waals surface area (Å²) in [5.74, 6) is 0.292. The smallest absolute Gasteiger partial charge is 0.146 e. The standard InChI is InChI=1S/C12H22O3/c1-9(13)7-15-8-12(5-6-12)10(14)11(2,3)4/h9,13H,5-8H2,1-4H3. The summed E-state index contributed by atoms with van der Waals surface area (Å²) in [7, 11) is 0. The highest BCUT2D eigenvalue weighted by atomic mass is 16.5. The molecule has 1 N–H and O–H groups in total. The Balaban J connectivity index is 2.43. The maximum absolute atomic E-state index is 12.1. The minimum atomic E-state index is -0.453. The summed E-state index contributed by atoms with van der Waals surface area (Å²) >= 11 is 0. The topological polar surface area (TPSA) is 46.5 Å². The Hall–Kier alpha value is -0.410. The number of Topliss-reactive ketones (excluding diaryl/α,β-unsaturated/α-hetero) is 1. The third-order valence-corrected chi connectivity index (χ3v) is 2.75. The van der Waals surface area contributed by atoms with E-state index in [9.17, 15) is 4.79 Å². The number of ether oxygens (including phenoxy) is 1. The molecule has 0 aromatic carbocycles. The molecule has 0 amide bonds. The van der Waals surface area contributed by atoms with Crippen LogP contribution in [0.15, 0.2) is 0 Å². The normalized spacial score (nSPS) is 21.1. The van der Waals surface area contributed by atoms with Crippen LogP contribution in [0.25, 0.3) is 0 Å². The van der Waals surface area contributed by atoms with Gasteiger partial charge in [0.05, 0.1) is 24.7 Å². The quantitative estimate of drug-likeness (QED) is 0.758. The molecule has 1 saturated carbocycles. The molecule has 0 aromatic rings. The van der Waals surface area contributed by atoms with Crippen LogP contribution in [-0.4, -0.2) is 30.2 Å². The summed E-state index contributed by atoms with van der Waals surface area (Å²) in [6.45, 7) is 8.32. The molecular formula is C12H22O3. The van der Waals surface area contributed by atoms with Crippen LogP contribution in [0.3, 0.4) is 0 Å². The fraction of sp³-hybridized carbons (Fsp3) is 0.917. The van der Waals surface area contributed by atoms with E-state index in [1.165, 1.54) is 0 Å². The van der Waals surface area contributed by atoms with Gasteiger partial charge in [-0.1, -0.05) is 20.8 Å². The van der Waals surface area contributed by atoms with Gasteiger partial charge in [0.1, 0.15) is 5.78 Å². The van der Waals surface area contributed by atoms with Crippen LogP contribution in [0.4, 0.5) is 0 Å². The van der Waals surface area contributed by atoms with Crippen LogP contribution < -0.4 is 0 Å². The fourth-order valence-electron chi connectivity index (χ4n) is 1.81. The van der Waals surface area contributed by atoms with Gasteiger partial charge < -0.3 is 9.84 Å². The Morgan fingerprint density at radius 3 is 2.33 bits per heavy atom. The van der Waals surface area contributed by atoms with E-state index in [1.807, 2.05) is 20.8 Å². The number of carbonyl (C=O) groups excluding carboxylic acids is 1. The summed E-state index contributed by atoms with van der Waals surface area (Å²) in [4.78, 5) is 12.1. The molecule has 15 heavy (non-hydrogen) atoms. The largest absolute Gasteiger partial charge is 0.391 e. The predicted molar refractivity (Wildman–Crippen MR) is 58.6 cm³/mol. The summed E-state index contributed by atoms with van der Waals surface area (Å²) in [5.41, 5.74) is -0.530. The van der Waals surface area contributed by atoms with Crippen molar-refractivity contribution in [3.63, 3.8) is 0 Å². The van der Waals surface area contributed by atoms with Crippen molar-refractivity contribution in [1.29, 1.82) is 0 Å². The average molecular weight is 214 g/mol. The van der Waals surface area contributed by atoms with Crippen molar-refractivity contribution >= 4 is 5.78 Å². The molecule has 1 rings (SSSR count). The average Bonchev–Trinajstić information content (AvgIpc) is 2.82. The highest BCUT2D eigenvalue weighted by molar-refractivity contribution is 5.91. The second kappa shape index (κ2) is 4.22. The minimum absolute atomic E-state index is 0.243. The first kappa shape index (κ1) is 12.7. The number of hydrogen-bond acceptors (Lipinski definition) is 3. The van der Waals surface area contributed by atoms with E-state index in [2.05, 4.69) is 0 Å². The number of ketones is 1. The van der Waals surface area contributed by atoms with Crippen molar-refractivity contribution in [2.24, 2.45) is 10.8 Å². The van der Waals surface area contributed by atoms with E-state index in [-0.39, 0.29) is 10.8 Å². The molecule has 0 heterocycles. The van der Waals surface area contributed by atoms with E-state index < -0.39 is 6.10 Å². The van der Waals surface area contributed by atoms with Crippen LogP contribution in [0.5, 0.6) is 0 Å². The molecular weight excluding hydrogens is 192 g/mol. The van der Waals surface area contributed by atoms with E-state index in [0.29, 0.717) is 19.0 Å². The van der Waals surface area contributed by atoms with Crippen LogP contribution >= 0.6 is 0 Å². The Labute approximate surface area is 91.8 Å². The van der Waals surface area contributed by atoms with E-state index in [0.717, 1.165) is 12.8 Å². The lowest BCUT2D eigenvalue weighted by atomic mass is 9.81. The van der Waals surface area contributed by atoms with Gasteiger partial charge in [0, 0.05) is 5.41 Å². The molecule has 0 radical (unpaired) electrons. The van der Waals surface area contributed by atoms with Crippen LogP contribution in [0.1, 0.15) is 40.5 Å². The summed E-state index contributed by atoms with van der Waals surface area (Å²) < 4.78 is 5.37. The number of aliphatic hydroxyl groups excluding tert-OH is 1. The van der Waals surface area contributed by atoms with Crippen LogP contribution in [0, 0.1) is 10.8 Å². The second-order valence-corrected chi connectivity index (χ2v) is 5.72. The van der Waals surface area contributed by atoms with Crippen molar-refractivity contribution in [1.82, 2.24) is 0 Å². The third kappa shape index (κ3) is 3.28. The van der Waals surface area contributed by atoms with Crippen LogP contribution in [-0.2, 0) is 9.53 Å². The van der Waals surface area contributed by atoms with Gasteiger partial charge in [-0.05, 0) is 19.8 Å². The molecule has 0 spiro atoms. The van der Waals surface area contributed by atoms with Gasteiger partial charge in [0.15, 0.2) is 0 Å². The molecule has 1 aliphatic carbocycles. The number of carbonyl (C=O) groups is 1. The minimum Gasteiger partial charge on any atom is -0.391 e. The van der Waals surface area contributed by atoms with E-state index in [4.69, 9.17) is 9.84 Å². The maximum atomic E-state index is 12.1. The molecule has 1 fully saturated rings. The summed E-state index contributed by atoms with van der Waals surface area (Å²) in [6, 6.07) is 0. The molecule has 3 nitrogen and oxygen atoms in total. The fourth-order valence-corrected chi connectivity index (χ4v) is 1.81. The highest BCUT2D eigenvalue weighted by Gasteiger charge is 2.53. The first-order valence-electron chi connectivity index (χ1n) is 5.59. The van der Waals surface area contributed by atoms with E-state index in [1.54, 1.807) is 6.92 Å². The molecule has 88 valence electrons. The van der Waals surface area contributed by atoms with Gasteiger partial charge in [0.2, 0.25) is 0 Å². The molecule has 1 unspecified atom stereocenters. The van der Waals surface area contributed by atoms with Gasteiger partial charge in [-0.3, -0.25) is 4.79 Å². The van der Waals surface area contributed by atoms with Crippen molar-refractivity contribution in [3.05, 3.63) is 0 Å². The molecule has 1 aliphatic rings. The van der Waals surface area contributed by atoms with Gasteiger partial charge in [-0.2, -0.15) is 0 Å². The summed E-state index contributed by atoms with van der Waals surface area (Å²) in [6.07, 6.45) is 1.41. The molecule has 1 atom stereocenters. The third-order valence-electron chi connectivity index (χ3n) is 2.75. The summed E-state index contributed by atoms with van der Waals surface area (Å²) in [5, 5.41) is 9.06. The van der Waals surface area contributed by atoms with Gasteiger partial charge in [-0.25, -0.2) is 0 Å². The Kier molecular flexibility index (Phi) is 3.56. The van der Waals surface area contributed by atoms with Crippen LogP contribution in [0.2, 0.25) is 0 Å². The second-order valence-electron chi connectivity index (χ2n) is 5.72. The Morgan fingerprint density at radius 1 is 1.47 bits per heavy atom. The van der Waals surface area contributed by atoms with E-state index >= 15 is 0 Å². The van der Waals surface area contributed by atoms with Crippen molar-refractivity contribution in [2.45, 2.75) is 46.6 Å². The molecule has 0 aliphatic heterocycles. The van der Waals surface area contributed by atoms with Crippen molar-refractivity contribution in [2.75, 3.05) is 13.2 Å².